The Hall–Kier alpha value is -3.68. The second-order valence-electron chi connectivity index (χ2n) is 8.06. The van der Waals surface area contributed by atoms with Gasteiger partial charge in [0.15, 0.2) is 0 Å². The minimum Gasteiger partial charge on any atom is -0.344 e. The van der Waals surface area contributed by atoms with E-state index in [-0.39, 0.29) is 23.9 Å². The summed E-state index contributed by atoms with van der Waals surface area (Å²) in [6.45, 7) is 3.47. The Labute approximate surface area is 188 Å². The van der Waals surface area contributed by atoms with Crippen molar-refractivity contribution in [3.05, 3.63) is 94.1 Å². The Morgan fingerprint density at radius 2 is 2.00 bits per heavy atom. The number of hydrogen-bond donors (Lipinski definition) is 1. The van der Waals surface area contributed by atoms with Crippen LogP contribution in [-0.4, -0.2) is 21.6 Å². The van der Waals surface area contributed by atoms with Crippen LogP contribution in [0.15, 0.2) is 71.7 Å². The van der Waals surface area contributed by atoms with E-state index in [4.69, 9.17) is 0 Å². The Bertz CT molecular complexity index is 1320. The van der Waals surface area contributed by atoms with Gasteiger partial charge in [-0.25, -0.2) is 0 Å². The van der Waals surface area contributed by atoms with Crippen molar-refractivity contribution in [2.75, 3.05) is 0 Å². The molecule has 33 heavy (non-hydrogen) atoms. The van der Waals surface area contributed by atoms with Crippen LogP contribution in [0.3, 0.4) is 0 Å². The maximum Gasteiger partial charge on any atom is 0.395 e. The molecule has 170 valence electrons. The van der Waals surface area contributed by atoms with Gasteiger partial charge < -0.3 is 5.32 Å². The number of aryl methyl sites for hydroxylation is 1. The number of hydrogen-bond acceptors (Lipinski definition) is 3. The molecule has 2 aromatic heterocycles. The quantitative estimate of drug-likeness (QED) is 0.593. The molecule has 1 unspecified atom stereocenters. The minimum absolute atomic E-state index is 0.233. The summed E-state index contributed by atoms with van der Waals surface area (Å²) in [5.74, 6) is -1.86. The number of amides is 1. The second-order valence-corrected chi connectivity index (χ2v) is 8.06. The number of aromatic nitrogens is 2. The van der Waals surface area contributed by atoms with Gasteiger partial charge >= 0.3 is 6.18 Å². The first kappa shape index (κ1) is 22.5. The van der Waals surface area contributed by atoms with Crippen LogP contribution in [0.5, 0.6) is 0 Å². The van der Waals surface area contributed by atoms with Gasteiger partial charge in [-0.3, -0.25) is 19.1 Å². The highest BCUT2D eigenvalue weighted by Crippen LogP contribution is 2.34. The molecule has 1 aliphatic carbocycles. The molecular formula is C25H22F3N3O2. The first-order valence-corrected chi connectivity index (χ1v) is 10.5. The number of pyridine rings is 2. The summed E-state index contributed by atoms with van der Waals surface area (Å²) in [6.07, 6.45) is 0.929. The van der Waals surface area contributed by atoms with E-state index < -0.39 is 12.1 Å². The molecule has 0 saturated carbocycles. The average Bonchev–Trinajstić information content (AvgIpc) is 2.79. The molecule has 3 aromatic rings. The molecule has 0 bridgehead atoms. The summed E-state index contributed by atoms with van der Waals surface area (Å²) >= 11 is 0. The van der Waals surface area contributed by atoms with Crippen molar-refractivity contribution in [1.29, 1.82) is 0 Å². The summed E-state index contributed by atoms with van der Waals surface area (Å²) in [4.78, 5) is 29.9. The third-order valence-corrected chi connectivity index (χ3v) is 5.68. The second kappa shape index (κ2) is 8.69. The molecule has 1 N–H and O–H groups in total. The Morgan fingerprint density at radius 3 is 2.64 bits per heavy atom. The summed E-state index contributed by atoms with van der Waals surface area (Å²) in [7, 11) is 0. The van der Waals surface area contributed by atoms with E-state index in [1.54, 1.807) is 43.5 Å². The number of allylic oxidation sites excluding steroid dienone is 4. The lowest BCUT2D eigenvalue weighted by Gasteiger charge is -2.21. The van der Waals surface area contributed by atoms with Crippen LogP contribution in [0.4, 0.5) is 13.2 Å². The lowest BCUT2D eigenvalue weighted by atomic mass is 9.98. The molecule has 2 atom stereocenters. The van der Waals surface area contributed by atoms with Gasteiger partial charge in [0.25, 0.3) is 11.5 Å². The lowest BCUT2D eigenvalue weighted by Crippen LogP contribution is -2.27. The van der Waals surface area contributed by atoms with E-state index in [0.29, 0.717) is 27.7 Å². The van der Waals surface area contributed by atoms with Crippen LogP contribution >= 0.6 is 0 Å². The van der Waals surface area contributed by atoms with Crippen LogP contribution < -0.4 is 10.9 Å². The van der Waals surface area contributed by atoms with Crippen LogP contribution in [0.25, 0.3) is 16.6 Å². The molecule has 8 heteroatoms. The van der Waals surface area contributed by atoms with Crippen LogP contribution in [0.1, 0.15) is 41.0 Å². The number of nitrogens with zero attached hydrogens (tertiary/aromatic N) is 2. The van der Waals surface area contributed by atoms with Crippen molar-refractivity contribution in [3.8, 4) is 0 Å². The van der Waals surface area contributed by atoms with Crippen molar-refractivity contribution >= 4 is 22.5 Å². The summed E-state index contributed by atoms with van der Waals surface area (Å²) in [6, 6.07) is 11.7. The van der Waals surface area contributed by atoms with Gasteiger partial charge in [0, 0.05) is 23.0 Å². The lowest BCUT2D eigenvalue weighted by molar-refractivity contribution is -0.160. The zero-order valence-electron chi connectivity index (χ0n) is 18.1. The molecule has 0 saturated heterocycles. The number of fused-ring (bicyclic) bond motifs is 1. The molecule has 2 heterocycles. The predicted molar refractivity (Wildman–Crippen MR) is 121 cm³/mol. The fraction of sp³-hybridized carbons (Fsp3) is 0.240. The van der Waals surface area contributed by atoms with Crippen molar-refractivity contribution in [2.45, 2.75) is 32.5 Å². The molecule has 1 aromatic carbocycles. The number of alkyl halides is 3. The molecule has 0 radical (unpaired) electrons. The van der Waals surface area contributed by atoms with Crippen LogP contribution in [0, 0.1) is 12.8 Å². The first-order valence-electron chi connectivity index (χ1n) is 10.5. The van der Waals surface area contributed by atoms with Crippen molar-refractivity contribution in [1.82, 2.24) is 14.9 Å². The van der Waals surface area contributed by atoms with Gasteiger partial charge in [-0.05, 0) is 68.1 Å². The van der Waals surface area contributed by atoms with Gasteiger partial charge in [-0.2, -0.15) is 13.2 Å². The number of carbonyl (C=O) groups excluding carboxylic acids is 1. The van der Waals surface area contributed by atoms with Crippen LogP contribution in [-0.2, 0) is 0 Å². The van der Waals surface area contributed by atoms with E-state index >= 15 is 0 Å². The molecule has 0 aliphatic heterocycles. The van der Waals surface area contributed by atoms with Gasteiger partial charge in [-0.15, -0.1) is 0 Å². The van der Waals surface area contributed by atoms with Crippen molar-refractivity contribution in [3.63, 3.8) is 0 Å². The Morgan fingerprint density at radius 1 is 1.21 bits per heavy atom. The molecule has 4 rings (SSSR count). The maximum absolute atomic E-state index is 13.0. The van der Waals surface area contributed by atoms with E-state index in [9.17, 15) is 22.8 Å². The molecular weight excluding hydrogens is 431 g/mol. The minimum atomic E-state index is -4.33. The highest BCUT2D eigenvalue weighted by atomic mass is 19.4. The number of nitrogens with one attached hydrogen (secondary N) is 1. The highest BCUT2D eigenvalue weighted by Gasteiger charge is 2.38. The summed E-state index contributed by atoms with van der Waals surface area (Å²) in [5.41, 5.74) is 2.14. The highest BCUT2D eigenvalue weighted by molar-refractivity contribution is 5.98. The largest absolute Gasteiger partial charge is 0.395 e. The monoisotopic (exact) mass is 453 g/mol. The third kappa shape index (κ3) is 4.60. The first-order chi connectivity index (χ1) is 15.6. The Balaban J connectivity index is 1.67. The SMILES string of the molecule is Cc1cc2cc(C(=O)N[C@@H](C)c3ccccn3)ccc2n(C2=CCC(C(F)(F)F)C=C2)c1=O. The van der Waals surface area contributed by atoms with Gasteiger partial charge in [-0.1, -0.05) is 18.2 Å². The third-order valence-electron chi connectivity index (χ3n) is 5.68. The maximum atomic E-state index is 13.0. The average molecular weight is 453 g/mol. The van der Waals surface area contributed by atoms with Crippen molar-refractivity contribution < 1.29 is 18.0 Å². The zero-order chi connectivity index (χ0) is 23.8. The van der Waals surface area contributed by atoms with Gasteiger partial charge in [0.2, 0.25) is 0 Å². The van der Waals surface area contributed by atoms with E-state index in [1.165, 1.54) is 16.7 Å². The number of halogens is 3. The van der Waals surface area contributed by atoms with Crippen LogP contribution in [0.2, 0.25) is 0 Å². The summed E-state index contributed by atoms with van der Waals surface area (Å²) in [5, 5.41) is 3.54. The summed E-state index contributed by atoms with van der Waals surface area (Å²) < 4.78 is 40.4. The molecule has 5 nitrogen and oxygen atoms in total. The topological polar surface area (TPSA) is 64.0 Å². The molecule has 0 spiro atoms. The number of rotatable bonds is 4. The Kier molecular flexibility index (Phi) is 5.93. The smallest absolute Gasteiger partial charge is 0.344 e. The zero-order valence-corrected chi connectivity index (χ0v) is 18.1. The van der Waals surface area contributed by atoms with E-state index in [0.717, 1.165) is 11.8 Å². The van der Waals surface area contributed by atoms with Gasteiger partial charge in [0.1, 0.15) is 0 Å². The standard InChI is InChI=1S/C25H22F3N3O2/c1-15-13-18-14-17(23(32)30-16(2)21-5-3-4-12-29-21)6-11-22(18)31(24(15)33)20-9-7-19(8-10-20)25(26,27)28/h3-7,9-14,16,19H,8H2,1-2H3,(H,30,32)/t16-,19?/m0/s1. The molecule has 1 aliphatic rings. The normalized spacial score (nSPS) is 17.0. The van der Waals surface area contributed by atoms with E-state index in [2.05, 4.69) is 10.3 Å². The molecule has 1 amide bonds. The fourth-order valence-electron chi connectivity index (χ4n) is 3.86. The fourth-order valence-corrected chi connectivity index (χ4v) is 3.86. The number of carbonyl (C=O) groups is 1. The van der Waals surface area contributed by atoms with E-state index in [1.807, 2.05) is 19.1 Å². The molecule has 0 fully saturated rings. The number of benzene rings is 1. The predicted octanol–water partition coefficient (Wildman–Crippen LogP) is 5.18. The van der Waals surface area contributed by atoms with Crippen molar-refractivity contribution in [2.24, 2.45) is 5.92 Å². The van der Waals surface area contributed by atoms with Gasteiger partial charge in [0.05, 0.1) is 23.2 Å².